The Hall–Kier alpha value is -1.13. The Labute approximate surface area is 114 Å². The first kappa shape index (κ1) is 15.9. The van der Waals surface area contributed by atoms with Crippen molar-refractivity contribution in [1.82, 2.24) is 5.32 Å². The molecule has 2 N–H and O–H groups in total. The van der Waals surface area contributed by atoms with Gasteiger partial charge in [0.15, 0.2) is 11.6 Å². The van der Waals surface area contributed by atoms with E-state index in [2.05, 4.69) is 12.2 Å². The Kier molecular flexibility index (Phi) is 6.25. The average Bonchev–Trinajstić information content (AvgIpc) is 2.38. The normalized spacial score (nSPS) is 14.2. The highest BCUT2D eigenvalue weighted by molar-refractivity contribution is 5.35. The van der Waals surface area contributed by atoms with Crippen LogP contribution in [0.25, 0.3) is 0 Å². The van der Waals surface area contributed by atoms with Crippen molar-refractivity contribution in [2.75, 3.05) is 13.2 Å². The van der Waals surface area contributed by atoms with Gasteiger partial charge in [-0.15, -0.1) is 0 Å². The molecule has 1 unspecified atom stereocenters. The second-order valence-corrected chi connectivity index (χ2v) is 5.04. The molecule has 0 amide bonds. The van der Waals surface area contributed by atoms with Gasteiger partial charge in [0.1, 0.15) is 6.61 Å². The molecule has 4 heteroatoms. The molecule has 0 saturated carbocycles. The van der Waals surface area contributed by atoms with Crippen molar-refractivity contribution in [2.45, 2.75) is 45.8 Å². The highest BCUT2D eigenvalue weighted by Gasteiger charge is 2.20. The van der Waals surface area contributed by atoms with Gasteiger partial charge in [0.25, 0.3) is 0 Å². The van der Waals surface area contributed by atoms with Crippen LogP contribution in [-0.4, -0.2) is 23.9 Å². The van der Waals surface area contributed by atoms with Crippen molar-refractivity contribution in [3.8, 4) is 5.75 Å². The third kappa shape index (κ3) is 5.17. The van der Waals surface area contributed by atoms with Crippen molar-refractivity contribution in [2.24, 2.45) is 0 Å². The molecule has 0 bridgehead atoms. The molecule has 1 aromatic rings. The van der Waals surface area contributed by atoms with Crippen LogP contribution in [0.1, 0.15) is 39.2 Å². The fourth-order valence-electron chi connectivity index (χ4n) is 1.58. The predicted molar refractivity (Wildman–Crippen MR) is 74.8 cm³/mol. The van der Waals surface area contributed by atoms with Crippen molar-refractivity contribution >= 4 is 0 Å². The number of hydrogen-bond acceptors (Lipinski definition) is 3. The van der Waals surface area contributed by atoms with Gasteiger partial charge in [-0.3, -0.25) is 0 Å². The number of para-hydroxylation sites is 1. The van der Waals surface area contributed by atoms with Crippen LogP contribution in [0.3, 0.4) is 0 Å². The molecule has 19 heavy (non-hydrogen) atoms. The molecule has 0 aliphatic rings. The maximum atomic E-state index is 13.8. The molecule has 1 atom stereocenters. The molecule has 1 aromatic carbocycles. The molecule has 3 nitrogen and oxygen atoms in total. The van der Waals surface area contributed by atoms with E-state index in [4.69, 9.17) is 4.74 Å². The second kappa shape index (κ2) is 7.46. The zero-order valence-corrected chi connectivity index (χ0v) is 12.0. The van der Waals surface area contributed by atoms with Crippen molar-refractivity contribution in [1.29, 1.82) is 0 Å². The van der Waals surface area contributed by atoms with Gasteiger partial charge in [-0.2, -0.15) is 0 Å². The molecule has 0 heterocycles. The van der Waals surface area contributed by atoms with Crippen LogP contribution in [-0.2, 0) is 6.54 Å². The Morgan fingerprint density at radius 2 is 2.11 bits per heavy atom. The monoisotopic (exact) mass is 269 g/mol. The van der Waals surface area contributed by atoms with E-state index in [0.29, 0.717) is 13.0 Å². The third-order valence-corrected chi connectivity index (χ3v) is 3.08. The number of rotatable bonds is 8. The lowest BCUT2D eigenvalue weighted by Gasteiger charge is -2.22. The lowest BCUT2D eigenvalue weighted by molar-refractivity contribution is 0.00701. The fourth-order valence-corrected chi connectivity index (χ4v) is 1.58. The standard InChI is InChI=1S/C15H24FNO2/c1-4-9-17-10-12-7-6-8-13(16)14(12)19-11-15(3,18)5-2/h6-8,17-18H,4-5,9-11H2,1-3H3. The zero-order valence-electron chi connectivity index (χ0n) is 12.0. The van der Waals surface area contributed by atoms with E-state index in [1.54, 1.807) is 13.0 Å². The van der Waals surface area contributed by atoms with E-state index in [1.807, 2.05) is 13.0 Å². The summed E-state index contributed by atoms with van der Waals surface area (Å²) in [5, 5.41) is 13.1. The Morgan fingerprint density at radius 1 is 1.37 bits per heavy atom. The molecule has 0 aromatic heterocycles. The van der Waals surface area contributed by atoms with Crippen LogP contribution in [0, 0.1) is 5.82 Å². The first-order chi connectivity index (χ1) is 9.00. The first-order valence-corrected chi connectivity index (χ1v) is 6.83. The summed E-state index contributed by atoms with van der Waals surface area (Å²) in [5.41, 5.74) is -0.156. The van der Waals surface area contributed by atoms with Gasteiger partial charge in [0.2, 0.25) is 0 Å². The minimum atomic E-state index is -0.934. The van der Waals surface area contributed by atoms with Gasteiger partial charge < -0.3 is 15.2 Å². The summed E-state index contributed by atoms with van der Waals surface area (Å²) in [7, 11) is 0. The summed E-state index contributed by atoms with van der Waals surface area (Å²) in [6, 6.07) is 4.88. The van der Waals surface area contributed by atoms with Crippen LogP contribution in [0.4, 0.5) is 4.39 Å². The molecule has 0 radical (unpaired) electrons. The third-order valence-electron chi connectivity index (χ3n) is 3.08. The smallest absolute Gasteiger partial charge is 0.165 e. The maximum Gasteiger partial charge on any atom is 0.165 e. The summed E-state index contributed by atoms with van der Waals surface area (Å²) in [6.07, 6.45) is 1.58. The van der Waals surface area contributed by atoms with Crippen LogP contribution < -0.4 is 10.1 Å². The van der Waals surface area contributed by atoms with Crippen LogP contribution >= 0.6 is 0 Å². The molecule has 0 aliphatic carbocycles. The van der Waals surface area contributed by atoms with Crippen molar-refractivity contribution in [3.63, 3.8) is 0 Å². The van der Waals surface area contributed by atoms with Crippen molar-refractivity contribution < 1.29 is 14.2 Å². The highest BCUT2D eigenvalue weighted by Crippen LogP contribution is 2.24. The van der Waals surface area contributed by atoms with Gasteiger partial charge in [0, 0.05) is 12.1 Å². The largest absolute Gasteiger partial charge is 0.487 e. The highest BCUT2D eigenvalue weighted by atomic mass is 19.1. The fraction of sp³-hybridized carbons (Fsp3) is 0.600. The van der Waals surface area contributed by atoms with Crippen LogP contribution in [0.5, 0.6) is 5.75 Å². The predicted octanol–water partition coefficient (Wildman–Crippen LogP) is 2.87. The molecular weight excluding hydrogens is 245 g/mol. The Balaban J connectivity index is 2.74. The summed E-state index contributed by atoms with van der Waals surface area (Å²) < 4.78 is 19.3. The molecule has 1 rings (SSSR count). The summed E-state index contributed by atoms with van der Waals surface area (Å²) in [6.45, 7) is 7.16. The summed E-state index contributed by atoms with van der Waals surface area (Å²) in [5.74, 6) is -0.150. The van der Waals surface area contributed by atoms with E-state index in [0.717, 1.165) is 18.5 Å². The maximum absolute atomic E-state index is 13.8. The molecule has 0 spiro atoms. The molecule has 108 valence electrons. The van der Waals surface area contributed by atoms with E-state index in [9.17, 15) is 9.50 Å². The Morgan fingerprint density at radius 3 is 2.74 bits per heavy atom. The number of ether oxygens (including phenoxy) is 1. The minimum absolute atomic E-state index is 0.0885. The topological polar surface area (TPSA) is 41.5 Å². The van der Waals surface area contributed by atoms with Gasteiger partial charge >= 0.3 is 0 Å². The molecule has 0 aliphatic heterocycles. The van der Waals surface area contributed by atoms with E-state index in [1.165, 1.54) is 6.07 Å². The molecule has 0 fully saturated rings. The second-order valence-electron chi connectivity index (χ2n) is 5.04. The van der Waals surface area contributed by atoms with Gasteiger partial charge in [-0.25, -0.2) is 4.39 Å². The summed E-state index contributed by atoms with van der Waals surface area (Å²) >= 11 is 0. The lowest BCUT2D eigenvalue weighted by Crippen LogP contribution is -2.31. The van der Waals surface area contributed by atoms with Gasteiger partial charge in [-0.1, -0.05) is 26.0 Å². The zero-order chi connectivity index (χ0) is 14.3. The average molecular weight is 269 g/mol. The minimum Gasteiger partial charge on any atom is -0.487 e. The van der Waals surface area contributed by atoms with Crippen LogP contribution in [0.2, 0.25) is 0 Å². The first-order valence-electron chi connectivity index (χ1n) is 6.83. The number of benzene rings is 1. The number of nitrogens with one attached hydrogen (secondary N) is 1. The van der Waals surface area contributed by atoms with Crippen LogP contribution in [0.15, 0.2) is 18.2 Å². The number of aliphatic hydroxyl groups is 1. The number of hydrogen-bond donors (Lipinski definition) is 2. The van der Waals surface area contributed by atoms with Crippen molar-refractivity contribution in [3.05, 3.63) is 29.6 Å². The lowest BCUT2D eigenvalue weighted by atomic mass is 10.1. The number of halogens is 1. The van der Waals surface area contributed by atoms with E-state index in [-0.39, 0.29) is 18.2 Å². The van der Waals surface area contributed by atoms with Gasteiger partial charge in [0.05, 0.1) is 5.60 Å². The quantitative estimate of drug-likeness (QED) is 0.713. The Bertz CT molecular complexity index is 394. The summed E-state index contributed by atoms with van der Waals surface area (Å²) in [4.78, 5) is 0. The van der Waals surface area contributed by atoms with E-state index >= 15 is 0 Å². The van der Waals surface area contributed by atoms with Gasteiger partial charge in [-0.05, 0) is 32.4 Å². The SMILES string of the molecule is CCCNCc1cccc(F)c1OCC(C)(O)CC. The molecule has 0 saturated heterocycles. The van der Waals surface area contributed by atoms with E-state index < -0.39 is 5.60 Å². The molecular formula is C15H24FNO2.